The molecule has 2 aromatic carbocycles. The highest BCUT2D eigenvalue weighted by molar-refractivity contribution is 6.00. The molecule has 1 N–H and O–H groups in total. The Bertz CT molecular complexity index is 1170. The van der Waals surface area contributed by atoms with Crippen LogP contribution in [0.5, 0.6) is 17.2 Å². The van der Waals surface area contributed by atoms with Crippen molar-refractivity contribution in [3.8, 4) is 28.5 Å². The number of methoxy groups -OCH3 is 1. The zero-order valence-corrected chi connectivity index (χ0v) is 18.2. The second kappa shape index (κ2) is 8.85. The first-order valence-corrected chi connectivity index (χ1v) is 10.8. The standard InChI is InChI=1S/C24H24N4O5/c1-31-18-5-2-16(3-6-18)23(29)27-8-10-28(11-9-27)24(30)19-15-25-26-22(19)17-4-7-20-21(14-17)33-13-12-32-20/h2-7,14-15H,8-13H2,1H3,(H,25,26). The largest absolute Gasteiger partial charge is 0.497 e. The number of aromatic amines is 1. The van der Waals surface area contributed by atoms with Gasteiger partial charge in [0, 0.05) is 37.3 Å². The number of hydrogen-bond acceptors (Lipinski definition) is 6. The summed E-state index contributed by atoms with van der Waals surface area (Å²) in [6.45, 7) is 2.85. The van der Waals surface area contributed by atoms with E-state index in [9.17, 15) is 9.59 Å². The van der Waals surface area contributed by atoms with Gasteiger partial charge in [-0.2, -0.15) is 5.10 Å². The summed E-state index contributed by atoms with van der Waals surface area (Å²) in [5, 5.41) is 7.04. The van der Waals surface area contributed by atoms with Crippen LogP contribution in [0.4, 0.5) is 0 Å². The lowest BCUT2D eigenvalue weighted by atomic mass is 10.1. The minimum atomic E-state index is -0.120. The van der Waals surface area contributed by atoms with E-state index in [-0.39, 0.29) is 11.8 Å². The lowest BCUT2D eigenvalue weighted by Crippen LogP contribution is -2.50. The highest BCUT2D eigenvalue weighted by atomic mass is 16.6. The van der Waals surface area contributed by atoms with Crippen LogP contribution in [0.15, 0.2) is 48.7 Å². The Balaban J connectivity index is 1.26. The maximum atomic E-state index is 13.3. The van der Waals surface area contributed by atoms with E-state index in [2.05, 4.69) is 10.2 Å². The Hall–Kier alpha value is -4.01. The Kier molecular flexibility index (Phi) is 5.60. The first-order chi connectivity index (χ1) is 16.1. The third kappa shape index (κ3) is 4.09. The van der Waals surface area contributed by atoms with Crippen LogP contribution in [0.1, 0.15) is 20.7 Å². The SMILES string of the molecule is COc1ccc(C(=O)N2CCN(C(=O)c3cn[nH]c3-c3ccc4c(c3)OCCO4)CC2)cc1. The summed E-state index contributed by atoms with van der Waals surface area (Å²) in [5.74, 6) is 1.87. The molecule has 1 aromatic heterocycles. The van der Waals surface area contributed by atoms with Crippen molar-refractivity contribution >= 4 is 11.8 Å². The Morgan fingerprint density at radius 1 is 0.909 bits per heavy atom. The number of benzene rings is 2. The number of rotatable bonds is 4. The Morgan fingerprint density at radius 3 is 2.27 bits per heavy atom. The van der Waals surface area contributed by atoms with Crippen molar-refractivity contribution in [1.82, 2.24) is 20.0 Å². The second-order valence-corrected chi connectivity index (χ2v) is 7.83. The highest BCUT2D eigenvalue weighted by Gasteiger charge is 2.28. The Labute approximate surface area is 190 Å². The van der Waals surface area contributed by atoms with E-state index in [0.29, 0.717) is 73.5 Å². The van der Waals surface area contributed by atoms with Gasteiger partial charge in [0.15, 0.2) is 11.5 Å². The van der Waals surface area contributed by atoms with E-state index < -0.39 is 0 Å². The second-order valence-electron chi connectivity index (χ2n) is 7.83. The van der Waals surface area contributed by atoms with Crippen LogP contribution >= 0.6 is 0 Å². The molecular weight excluding hydrogens is 424 g/mol. The molecule has 2 amide bonds. The minimum absolute atomic E-state index is 0.0509. The number of nitrogens with zero attached hydrogens (tertiary/aromatic N) is 3. The molecular formula is C24H24N4O5. The van der Waals surface area contributed by atoms with Gasteiger partial charge >= 0.3 is 0 Å². The molecule has 9 heteroatoms. The van der Waals surface area contributed by atoms with Gasteiger partial charge in [0.2, 0.25) is 0 Å². The van der Waals surface area contributed by atoms with Crippen LogP contribution in [0.3, 0.4) is 0 Å². The van der Waals surface area contributed by atoms with Gasteiger partial charge in [-0.25, -0.2) is 0 Å². The summed E-state index contributed by atoms with van der Waals surface area (Å²) in [6.07, 6.45) is 1.54. The lowest BCUT2D eigenvalue weighted by Gasteiger charge is -2.34. The van der Waals surface area contributed by atoms with Crippen molar-refractivity contribution in [2.45, 2.75) is 0 Å². The fourth-order valence-electron chi connectivity index (χ4n) is 4.07. The summed E-state index contributed by atoms with van der Waals surface area (Å²) >= 11 is 0. The van der Waals surface area contributed by atoms with Crippen molar-refractivity contribution in [2.24, 2.45) is 0 Å². The van der Waals surface area contributed by atoms with Gasteiger partial charge in [-0.15, -0.1) is 0 Å². The molecule has 2 aliphatic rings. The Morgan fingerprint density at radius 2 is 1.58 bits per heavy atom. The van der Waals surface area contributed by atoms with E-state index in [4.69, 9.17) is 14.2 Å². The van der Waals surface area contributed by atoms with E-state index >= 15 is 0 Å². The number of carbonyl (C=O) groups excluding carboxylic acids is 2. The number of aromatic nitrogens is 2. The van der Waals surface area contributed by atoms with Gasteiger partial charge in [-0.3, -0.25) is 14.7 Å². The average Bonchev–Trinajstić information content (AvgIpc) is 3.38. The summed E-state index contributed by atoms with van der Waals surface area (Å²) in [7, 11) is 1.59. The first kappa shape index (κ1) is 20.9. The van der Waals surface area contributed by atoms with Crippen molar-refractivity contribution in [3.63, 3.8) is 0 Å². The quantitative estimate of drug-likeness (QED) is 0.659. The maximum absolute atomic E-state index is 13.3. The van der Waals surface area contributed by atoms with E-state index in [1.165, 1.54) is 0 Å². The van der Waals surface area contributed by atoms with Gasteiger partial charge in [-0.1, -0.05) is 0 Å². The molecule has 0 spiro atoms. The van der Waals surface area contributed by atoms with Gasteiger partial charge in [0.25, 0.3) is 11.8 Å². The zero-order chi connectivity index (χ0) is 22.8. The molecule has 0 unspecified atom stereocenters. The summed E-state index contributed by atoms with van der Waals surface area (Å²) in [4.78, 5) is 29.6. The van der Waals surface area contributed by atoms with Crippen molar-refractivity contribution in [3.05, 3.63) is 59.8 Å². The molecule has 0 radical (unpaired) electrons. The van der Waals surface area contributed by atoms with Crippen LogP contribution < -0.4 is 14.2 Å². The molecule has 1 saturated heterocycles. The zero-order valence-electron chi connectivity index (χ0n) is 18.2. The van der Waals surface area contributed by atoms with E-state index in [0.717, 1.165) is 5.56 Å². The van der Waals surface area contributed by atoms with Crippen LogP contribution in [0.2, 0.25) is 0 Å². The van der Waals surface area contributed by atoms with Crippen LogP contribution in [0.25, 0.3) is 11.3 Å². The topological polar surface area (TPSA) is 97.0 Å². The van der Waals surface area contributed by atoms with Gasteiger partial charge < -0.3 is 24.0 Å². The molecule has 170 valence electrons. The van der Waals surface area contributed by atoms with Crippen molar-refractivity contribution in [1.29, 1.82) is 0 Å². The van der Waals surface area contributed by atoms with Crippen LogP contribution in [-0.2, 0) is 0 Å². The minimum Gasteiger partial charge on any atom is -0.497 e. The maximum Gasteiger partial charge on any atom is 0.257 e. The summed E-state index contributed by atoms with van der Waals surface area (Å²) in [5.41, 5.74) is 2.52. The smallest absolute Gasteiger partial charge is 0.257 e. The molecule has 3 heterocycles. The number of amides is 2. The number of ether oxygens (including phenoxy) is 3. The predicted molar refractivity (Wildman–Crippen MR) is 120 cm³/mol. The molecule has 0 atom stereocenters. The molecule has 2 aliphatic heterocycles. The average molecular weight is 448 g/mol. The molecule has 5 rings (SSSR count). The van der Waals surface area contributed by atoms with Crippen molar-refractivity contribution < 1.29 is 23.8 Å². The lowest BCUT2D eigenvalue weighted by molar-refractivity contribution is 0.0536. The summed E-state index contributed by atoms with van der Waals surface area (Å²) in [6, 6.07) is 12.6. The fourth-order valence-corrected chi connectivity index (χ4v) is 4.07. The number of H-pyrrole nitrogens is 1. The third-order valence-corrected chi connectivity index (χ3v) is 5.89. The molecule has 33 heavy (non-hydrogen) atoms. The molecule has 0 saturated carbocycles. The van der Waals surface area contributed by atoms with Crippen molar-refractivity contribution in [2.75, 3.05) is 46.5 Å². The molecule has 0 aliphatic carbocycles. The highest BCUT2D eigenvalue weighted by Crippen LogP contribution is 2.35. The number of carbonyl (C=O) groups is 2. The van der Waals surface area contributed by atoms with Gasteiger partial charge in [0.05, 0.1) is 24.6 Å². The fraction of sp³-hybridized carbons (Fsp3) is 0.292. The number of piperazine rings is 1. The molecule has 3 aromatic rings. The monoisotopic (exact) mass is 448 g/mol. The van der Waals surface area contributed by atoms with E-state index in [1.807, 2.05) is 18.2 Å². The third-order valence-electron chi connectivity index (χ3n) is 5.89. The normalized spacial score (nSPS) is 15.3. The van der Waals surface area contributed by atoms with Gasteiger partial charge in [-0.05, 0) is 42.5 Å². The summed E-state index contributed by atoms with van der Waals surface area (Å²) < 4.78 is 16.4. The molecule has 1 fully saturated rings. The van der Waals surface area contributed by atoms with Gasteiger partial charge in [0.1, 0.15) is 19.0 Å². The first-order valence-electron chi connectivity index (χ1n) is 10.8. The number of hydrogen-bond donors (Lipinski definition) is 1. The van der Waals surface area contributed by atoms with E-state index in [1.54, 1.807) is 47.4 Å². The molecule has 0 bridgehead atoms. The number of fused-ring (bicyclic) bond motifs is 1. The van der Waals surface area contributed by atoms with Crippen LogP contribution in [0, 0.1) is 0 Å². The predicted octanol–water partition coefficient (Wildman–Crippen LogP) is 2.45. The van der Waals surface area contributed by atoms with Crippen LogP contribution in [-0.4, -0.2) is 78.3 Å². The number of nitrogens with one attached hydrogen (secondary N) is 1. The molecule has 9 nitrogen and oxygen atoms in total.